The number of hydroxylamine groups is 2. The molecule has 0 aliphatic carbocycles. The minimum absolute atomic E-state index is 0.138. The molecule has 1 saturated heterocycles. The van der Waals surface area contributed by atoms with E-state index in [-0.39, 0.29) is 6.54 Å². The largest absolute Gasteiger partial charge is 0.525 e. The highest BCUT2D eigenvalue weighted by Gasteiger charge is 2.25. The maximum Gasteiger partial charge on any atom is 0.525 e. The second-order valence-electron chi connectivity index (χ2n) is 3.31. The number of carboxylic acid groups (broad SMARTS) is 1. The van der Waals surface area contributed by atoms with Gasteiger partial charge in [0.2, 0.25) is 0 Å². The van der Waals surface area contributed by atoms with Crippen LogP contribution in [-0.2, 0) is 19.1 Å². The van der Waals surface area contributed by atoms with Crippen LogP contribution in [0.25, 0.3) is 0 Å². The fourth-order valence-electron chi connectivity index (χ4n) is 1.42. The highest BCUT2D eigenvalue weighted by molar-refractivity contribution is 7.86. The molecule has 0 saturated carbocycles. The second kappa shape index (κ2) is 4.77. The third-order valence-corrected chi connectivity index (χ3v) is 2.48. The van der Waals surface area contributed by atoms with E-state index in [4.69, 9.17) is 9.29 Å². The van der Waals surface area contributed by atoms with Crippen LogP contribution in [0, 0.1) is 0 Å². The predicted molar refractivity (Wildman–Crippen MR) is 49.6 cm³/mol. The number of carbonyl (C=O) groups is 1. The molecule has 0 aromatic heterocycles. The molecule has 1 aliphatic heterocycles. The van der Waals surface area contributed by atoms with Gasteiger partial charge in [0.1, 0.15) is 0 Å². The van der Waals surface area contributed by atoms with Gasteiger partial charge in [-0.1, -0.05) is 0 Å². The summed E-state index contributed by atoms with van der Waals surface area (Å²) < 4.78 is 26.4. The maximum absolute atomic E-state index is 10.8. The summed E-state index contributed by atoms with van der Waals surface area (Å²) in [6.07, 6.45) is 0.229. The van der Waals surface area contributed by atoms with Crippen LogP contribution in [0.3, 0.4) is 0 Å². The SMILES string of the molecule is CS(=O)(=O)OC1CCCN(OC(=O)O)C1. The first kappa shape index (κ1) is 12.2. The van der Waals surface area contributed by atoms with Crippen LogP contribution in [0.15, 0.2) is 0 Å². The third-order valence-electron chi connectivity index (χ3n) is 1.86. The van der Waals surface area contributed by atoms with Crippen molar-refractivity contribution in [2.75, 3.05) is 19.3 Å². The molecule has 1 rings (SSSR count). The van der Waals surface area contributed by atoms with Gasteiger partial charge in [-0.25, -0.2) is 4.79 Å². The van der Waals surface area contributed by atoms with Gasteiger partial charge in [0, 0.05) is 6.54 Å². The summed E-state index contributed by atoms with van der Waals surface area (Å²) >= 11 is 0. The van der Waals surface area contributed by atoms with Crippen LogP contribution in [-0.4, -0.2) is 50.2 Å². The zero-order chi connectivity index (χ0) is 11.5. The van der Waals surface area contributed by atoms with Gasteiger partial charge in [0.15, 0.2) is 0 Å². The van der Waals surface area contributed by atoms with Crippen molar-refractivity contribution in [3.05, 3.63) is 0 Å². The first-order chi connectivity index (χ1) is 6.87. The molecule has 0 amide bonds. The lowest BCUT2D eigenvalue weighted by Crippen LogP contribution is -2.41. The average Bonchev–Trinajstić information content (AvgIpc) is 1.99. The van der Waals surface area contributed by atoms with Crippen LogP contribution in [0.4, 0.5) is 4.79 Å². The van der Waals surface area contributed by atoms with Crippen molar-refractivity contribution >= 4 is 16.3 Å². The molecular formula is C7H13NO6S. The Hall–Kier alpha value is -0.860. The molecule has 1 heterocycles. The van der Waals surface area contributed by atoms with E-state index in [1.165, 1.54) is 5.06 Å². The molecule has 15 heavy (non-hydrogen) atoms. The number of nitrogens with zero attached hydrogens (tertiary/aromatic N) is 1. The van der Waals surface area contributed by atoms with Gasteiger partial charge in [-0.05, 0) is 12.8 Å². The van der Waals surface area contributed by atoms with E-state index in [1.54, 1.807) is 0 Å². The molecule has 1 N–H and O–H groups in total. The lowest BCUT2D eigenvalue weighted by atomic mass is 10.1. The van der Waals surface area contributed by atoms with Crippen LogP contribution < -0.4 is 0 Å². The highest BCUT2D eigenvalue weighted by Crippen LogP contribution is 2.15. The summed E-state index contributed by atoms with van der Waals surface area (Å²) in [7, 11) is -3.51. The second-order valence-corrected chi connectivity index (χ2v) is 4.91. The lowest BCUT2D eigenvalue weighted by molar-refractivity contribution is -0.146. The Morgan fingerprint density at radius 2 is 2.20 bits per heavy atom. The maximum atomic E-state index is 10.8. The molecule has 1 fully saturated rings. The summed E-state index contributed by atoms with van der Waals surface area (Å²) in [5.74, 6) is 0. The van der Waals surface area contributed by atoms with Crippen LogP contribution in [0.1, 0.15) is 12.8 Å². The van der Waals surface area contributed by atoms with Crippen molar-refractivity contribution in [1.29, 1.82) is 0 Å². The number of piperidine rings is 1. The summed E-state index contributed by atoms with van der Waals surface area (Å²) in [6, 6.07) is 0. The fourth-order valence-corrected chi connectivity index (χ4v) is 2.08. The molecule has 0 aromatic carbocycles. The third kappa shape index (κ3) is 4.96. The van der Waals surface area contributed by atoms with Gasteiger partial charge >= 0.3 is 6.16 Å². The smallest absolute Gasteiger partial charge is 0.448 e. The Labute approximate surface area is 87.7 Å². The minimum Gasteiger partial charge on any atom is -0.448 e. The zero-order valence-corrected chi connectivity index (χ0v) is 9.07. The van der Waals surface area contributed by atoms with Crippen LogP contribution in [0.5, 0.6) is 0 Å². The first-order valence-electron chi connectivity index (χ1n) is 4.41. The predicted octanol–water partition coefficient (Wildman–Crippen LogP) is 0.0366. The normalized spacial score (nSPS) is 23.7. The Bertz CT molecular complexity index is 326. The van der Waals surface area contributed by atoms with Crippen molar-refractivity contribution < 1.29 is 27.3 Å². The Balaban J connectivity index is 2.45. The molecule has 7 nitrogen and oxygen atoms in total. The van der Waals surface area contributed by atoms with E-state index >= 15 is 0 Å². The Morgan fingerprint density at radius 1 is 1.53 bits per heavy atom. The molecule has 0 radical (unpaired) electrons. The number of hydrogen-bond donors (Lipinski definition) is 1. The molecule has 0 bridgehead atoms. The zero-order valence-electron chi connectivity index (χ0n) is 8.25. The van der Waals surface area contributed by atoms with Gasteiger partial charge in [-0.15, -0.1) is 5.06 Å². The van der Waals surface area contributed by atoms with Gasteiger partial charge in [-0.3, -0.25) is 4.18 Å². The Kier molecular flexibility index (Phi) is 3.89. The van der Waals surface area contributed by atoms with E-state index in [2.05, 4.69) is 4.84 Å². The topological polar surface area (TPSA) is 93.1 Å². The van der Waals surface area contributed by atoms with Crippen molar-refractivity contribution in [2.45, 2.75) is 18.9 Å². The molecule has 1 atom stereocenters. The van der Waals surface area contributed by atoms with E-state index in [0.29, 0.717) is 19.4 Å². The quantitative estimate of drug-likeness (QED) is 0.695. The first-order valence-corrected chi connectivity index (χ1v) is 6.22. The summed E-state index contributed by atoms with van der Waals surface area (Å²) in [5, 5.41) is 9.54. The average molecular weight is 239 g/mol. The van der Waals surface area contributed by atoms with E-state index in [0.717, 1.165) is 6.26 Å². The van der Waals surface area contributed by atoms with Gasteiger partial charge in [0.05, 0.1) is 18.9 Å². The summed E-state index contributed by atoms with van der Waals surface area (Å²) in [6.45, 7) is 0.593. The van der Waals surface area contributed by atoms with Crippen molar-refractivity contribution in [3.63, 3.8) is 0 Å². The van der Waals surface area contributed by atoms with Crippen molar-refractivity contribution in [1.82, 2.24) is 5.06 Å². The monoisotopic (exact) mass is 239 g/mol. The fraction of sp³-hybridized carbons (Fsp3) is 0.857. The highest BCUT2D eigenvalue weighted by atomic mass is 32.2. The van der Waals surface area contributed by atoms with E-state index in [1.807, 2.05) is 0 Å². The molecule has 1 aliphatic rings. The molecule has 0 aromatic rings. The lowest BCUT2D eigenvalue weighted by Gasteiger charge is -2.29. The molecule has 8 heteroatoms. The standard InChI is InChI=1S/C7H13NO6S/c1-15(11,12)14-6-3-2-4-8(5-6)13-7(9)10/h6H,2-5H2,1H3,(H,9,10). The van der Waals surface area contributed by atoms with E-state index in [9.17, 15) is 13.2 Å². The Morgan fingerprint density at radius 3 is 2.73 bits per heavy atom. The molecular weight excluding hydrogens is 226 g/mol. The molecule has 88 valence electrons. The van der Waals surface area contributed by atoms with Gasteiger partial charge in [-0.2, -0.15) is 8.42 Å². The van der Waals surface area contributed by atoms with E-state index < -0.39 is 22.4 Å². The van der Waals surface area contributed by atoms with Crippen LogP contribution >= 0.6 is 0 Å². The molecule has 1 unspecified atom stereocenters. The van der Waals surface area contributed by atoms with Crippen molar-refractivity contribution in [2.24, 2.45) is 0 Å². The summed E-state index contributed by atoms with van der Waals surface area (Å²) in [4.78, 5) is 14.6. The molecule has 0 spiro atoms. The van der Waals surface area contributed by atoms with Gasteiger partial charge in [0.25, 0.3) is 10.1 Å². The van der Waals surface area contributed by atoms with Crippen molar-refractivity contribution in [3.8, 4) is 0 Å². The summed E-state index contributed by atoms with van der Waals surface area (Å²) in [5.41, 5.74) is 0. The van der Waals surface area contributed by atoms with Gasteiger partial charge < -0.3 is 9.94 Å². The van der Waals surface area contributed by atoms with Crippen LogP contribution in [0.2, 0.25) is 0 Å². The minimum atomic E-state index is -3.51. The number of hydrogen-bond acceptors (Lipinski definition) is 6. The number of rotatable bonds is 3.